The Morgan fingerprint density at radius 1 is 1.23 bits per heavy atom. The van der Waals surface area contributed by atoms with Crippen molar-refractivity contribution in [2.24, 2.45) is 0 Å². The zero-order valence-electron chi connectivity index (χ0n) is 12.3. The van der Waals surface area contributed by atoms with Crippen molar-refractivity contribution in [3.05, 3.63) is 42.0 Å². The molecule has 0 unspecified atom stereocenters. The van der Waals surface area contributed by atoms with Gasteiger partial charge in [0.05, 0.1) is 13.0 Å². The van der Waals surface area contributed by atoms with Gasteiger partial charge in [-0.25, -0.2) is 9.59 Å². The van der Waals surface area contributed by atoms with Crippen molar-refractivity contribution in [3.8, 4) is 5.75 Å². The molecule has 0 aromatic heterocycles. The van der Waals surface area contributed by atoms with Crippen molar-refractivity contribution >= 4 is 17.9 Å². The second kappa shape index (κ2) is 8.61. The Morgan fingerprint density at radius 2 is 1.91 bits per heavy atom. The number of carbonyl (C=O) groups is 3. The normalized spacial score (nSPS) is 9.86. The summed E-state index contributed by atoms with van der Waals surface area (Å²) >= 11 is 0. The lowest BCUT2D eigenvalue weighted by Gasteiger charge is -2.09. The molecule has 1 aromatic rings. The molecule has 0 saturated heterocycles. The number of carboxylic acids is 1. The molecule has 1 N–H and O–H groups in total. The van der Waals surface area contributed by atoms with Crippen molar-refractivity contribution in [1.82, 2.24) is 0 Å². The highest BCUT2D eigenvalue weighted by Gasteiger charge is 2.18. The molecule has 0 atom stereocenters. The molecule has 0 bridgehead atoms. The fourth-order valence-electron chi connectivity index (χ4n) is 1.52. The van der Waals surface area contributed by atoms with Crippen LogP contribution in [-0.4, -0.2) is 29.6 Å². The van der Waals surface area contributed by atoms with Gasteiger partial charge >= 0.3 is 17.9 Å². The summed E-state index contributed by atoms with van der Waals surface area (Å²) in [5, 5.41) is 8.68. The van der Waals surface area contributed by atoms with Gasteiger partial charge < -0.3 is 14.6 Å². The van der Waals surface area contributed by atoms with Gasteiger partial charge in [0.1, 0.15) is 11.3 Å². The summed E-state index contributed by atoms with van der Waals surface area (Å²) in [6.07, 6.45) is 1.17. The quantitative estimate of drug-likeness (QED) is 0.343. The maximum absolute atomic E-state index is 11.9. The van der Waals surface area contributed by atoms with Crippen molar-refractivity contribution in [2.75, 3.05) is 6.61 Å². The van der Waals surface area contributed by atoms with Crippen LogP contribution in [0.2, 0.25) is 0 Å². The van der Waals surface area contributed by atoms with Crippen LogP contribution >= 0.6 is 0 Å². The molecule has 0 fully saturated rings. The summed E-state index contributed by atoms with van der Waals surface area (Å²) in [6.45, 7) is 5.51. The third-order valence-electron chi connectivity index (χ3n) is 2.72. The van der Waals surface area contributed by atoms with Crippen LogP contribution in [-0.2, 0) is 14.3 Å². The van der Waals surface area contributed by atoms with Gasteiger partial charge in [0.25, 0.3) is 0 Å². The van der Waals surface area contributed by atoms with E-state index in [1.165, 1.54) is 12.1 Å². The van der Waals surface area contributed by atoms with Gasteiger partial charge in [0.2, 0.25) is 0 Å². The number of rotatable bonds is 8. The predicted molar refractivity (Wildman–Crippen MR) is 78.7 cm³/mol. The molecule has 6 heteroatoms. The monoisotopic (exact) mass is 306 g/mol. The zero-order valence-corrected chi connectivity index (χ0v) is 12.3. The van der Waals surface area contributed by atoms with Crippen molar-refractivity contribution in [2.45, 2.75) is 26.2 Å². The first-order valence-electron chi connectivity index (χ1n) is 6.83. The lowest BCUT2D eigenvalue weighted by Crippen LogP contribution is -2.15. The van der Waals surface area contributed by atoms with E-state index in [-0.39, 0.29) is 23.5 Å². The number of ether oxygens (including phenoxy) is 2. The van der Waals surface area contributed by atoms with Gasteiger partial charge in [-0.15, -0.1) is 0 Å². The van der Waals surface area contributed by atoms with Gasteiger partial charge in [0, 0.05) is 5.57 Å². The summed E-state index contributed by atoms with van der Waals surface area (Å²) in [5.41, 5.74) is -0.166. The zero-order chi connectivity index (χ0) is 16.5. The second-order valence-corrected chi connectivity index (χ2v) is 4.55. The maximum Gasteiger partial charge on any atom is 0.341 e. The van der Waals surface area contributed by atoms with E-state index in [1.54, 1.807) is 12.1 Å². The largest absolute Gasteiger partial charge is 0.478 e. The van der Waals surface area contributed by atoms with Gasteiger partial charge in [-0.05, 0) is 18.6 Å². The Hall–Kier alpha value is -2.63. The number of esters is 2. The number of hydrogen-bond donors (Lipinski definition) is 1. The van der Waals surface area contributed by atoms with E-state index in [9.17, 15) is 14.4 Å². The Kier molecular flexibility index (Phi) is 6.82. The Balaban J connectivity index is 2.75. The molecule has 0 aliphatic heterocycles. The second-order valence-electron chi connectivity index (χ2n) is 4.55. The average Bonchev–Trinajstić information content (AvgIpc) is 2.47. The third kappa shape index (κ3) is 5.40. The summed E-state index contributed by atoms with van der Waals surface area (Å²) in [5.74, 6) is -2.63. The van der Waals surface area contributed by atoms with Gasteiger partial charge in [0.15, 0.2) is 0 Å². The predicted octanol–water partition coefficient (Wildman–Crippen LogP) is 2.58. The Labute approximate surface area is 128 Å². The van der Waals surface area contributed by atoms with E-state index in [0.717, 1.165) is 12.8 Å². The van der Waals surface area contributed by atoms with E-state index in [2.05, 4.69) is 6.58 Å². The number of para-hydroxylation sites is 1. The minimum Gasteiger partial charge on any atom is -0.478 e. The van der Waals surface area contributed by atoms with Crippen LogP contribution in [0, 0.1) is 0 Å². The molecule has 0 heterocycles. The highest BCUT2D eigenvalue weighted by molar-refractivity contribution is 5.95. The first-order chi connectivity index (χ1) is 10.5. The smallest absolute Gasteiger partial charge is 0.341 e. The summed E-state index contributed by atoms with van der Waals surface area (Å²) in [4.78, 5) is 34.2. The molecule has 118 valence electrons. The minimum atomic E-state index is -1.27. The highest BCUT2D eigenvalue weighted by atomic mass is 16.5. The van der Waals surface area contributed by atoms with Crippen LogP contribution in [0.4, 0.5) is 0 Å². The van der Waals surface area contributed by atoms with E-state index in [0.29, 0.717) is 0 Å². The third-order valence-corrected chi connectivity index (χ3v) is 2.72. The van der Waals surface area contributed by atoms with Crippen LogP contribution in [0.3, 0.4) is 0 Å². The van der Waals surface area contributed by atoms with Crippen LogP contribution < -0.4 is 4.74 Å². The molecule has 0 amide bonds. The lowest BCUT2D eigenvalue weighted by atomic mass is 10.2. The molecule has 1 aromatic carbocycles. The van der Waals surface area contributed by atoms with Crippen molar-refractivity contribution in [1.29, 1.82) is 0 Å². The lowest BCUT2D eigenvalue weighted by molar-refractivity contribution is -0.138. The molecule has 22 heavy (non-hydrogen) atoms. The topological polar surface area (TPSA) is 89.9 Å². The molecule has 1 rings (SSSR count). The highest BCUT2D eigenvalue weighted by Crippen LogP contribution is 2.20. The van der Waals surface area contributed by atoms with Gasteiger partial charge in [-0.1, -0.05) is 32.1 Å². The molecule has 6 nitrogen and oxygen atoms in total. The first-order valence-corrected chi connectivity index (χ1v) is 6.83. The number of aliphatic carboxylic acids is 1. The number of benzene rings is 1. The summed E-state index contributed by atoms with van der Waals surface area (Å²) < 4.78 is 10.1. The van der Waals surface area contributed by atoms with E-state index in [4.69, 9.17) is 14.6 Å². The first kappa shape index (κ1) is 17.4. The van der Waals surface area contributed by atoms with Crippen LogP contribution in [0.15, 0.2) is 36.4 Å². The summed E-state index contributed by atoms with van der Waals surface area (Å²) in [6, 6.07) is 6.13. The van der Waals surface area contributed by atoms with Crippen molar-refractivity contribution in [3.63, 3.8) is 0 Å². The number of hydrogen-bond acceptors (Lipinski definition) is 5. The molecule has 0 radical (unpaired) electrons. The Bertz CT molecular complexity index is 576. The average molecular weight is 306 g/mol. The summed E-state index contributed by atoms with van der Waals surface area (Å²) in [7, 11) is 0. The van der Waals surface area contributed by atoms with Crippen LogP contribution in [0.5, 0.6) is 5.75 Å². The molecular formula is C16H18O6. The fraction of sp³-hybridized carbons (Fsp3) is 0.312. The molecular weight excluding hydrogens is 288 g/mol. The minimum absolute atomic E-state index is 0.0344. The van der Waals surface area contributed by atoms with Gasteiger partial charge in [-0.2, -0.15) is 0 Å². The van der Waals surface area contributed by atoms with Crippen LogP contribution in [0.1, 0.15) is 36.5 Å². The SMILES string of the molecule is C=C(CC(=O)Oc1ccccc1C(=O)OCCCC)C(=O)O. The Morgan fingerprint density at radius 3 is 2.55 bits per heavy atom. The van der Waals surface area contributed by atoms with Crippen molar-refractivity contribution < 1.29 is 29.0 Å². The van der Waals surface area contributed by atoms with E-state index >= 15 is 0 Å². The number of carboxylic acid groups (broad SMARTS) is 1. The standard InChI is InChI=1S/C16H18O6/c1-3-4-9-21-16(20)12-7-5-6-8-13(12)22-14(17)10-11(2)15(18)19/h5-8H,2-4,9-10H2,1H3,(H,18,19). The molecule has 0 saturated carbocycles. The van der Waals surface area contributed by atoms with Crippen LogP contribution in [0.25, 0.3) is 0 Å². The number of carbonyl (C=O) groups excluding carboxylic acids is 2. The van der Waals surface area contributed by atoms with E-state index in [1.807, 2.05) is 6.92 Å². The fourth-order valence-corrected chi connectivity index (χ4v) is 1.52. The maximum atomic E-state index is 11.9. The molecule has 0 spiro atoms. The molecule has 0 aliphatic carbocycles. The van der Waals surface area contributed by atoms with E-state index < -0.39 is 24.3 Å². The molecule has 0 aliphatic rings. The number of unbranched alkanes of at least 4 members (excludes halogenated alkanes) is 1. The van der Waals surface area contributed by atoms with Gasteiger partial charge in [-0.3, -0.25) is 4.79 Å².